The van der Waals surface area contributed by atoms with E-state index >= 15 is 0 Å². The van der Waals surface area contributed by atoms with Crippen LogP contribution in [0.5, 0.6) is 5.75 Å². The lowest BCUT2D eigenvalue weighted by Crippen LogP contribution is -2.36. The van der Waals surface area contributed by atoms with Gasteiger partial charge in [0, 0.05) is 13.6 Å². The third kappa shape index (κ3) is 6.71. The van der Waals surface area contributed by atoms with Crippen LogP contribution in [0.15, 0.2) is 39.7 Å². The van der Waals surface area contributed by atoms with Gasteiger partial charge in [0.25, 0.3) is 5.91 Å². The van der Waals surface area contributed by atoms with Gasteiger partial charge in [-0.15, -0.1) is 0 Å². The predicted molar refractivity (Wildman–Crippen MR) is 106 cm³/mol. The number of halogens is 3. The van der Waals surface area contributed by atoms with Gasteiger partial charge in [-0.1, -0.05) is 6.07 Å². The summed E-state index contributed by atoms with van der Waals surface area (Å²) in [5.74, 6) is 0.148. The summed E-state index contributed by atoms with van der Waals surface area (Å²) in [5.41, 5.74) is 3.76. The van der Waals surface area contributed by atoms with Crippen LogP contribution in [0.25, 0.3) is 0 Å². The first kappa shape index (κ1) is 23.1. The van der Waals surface area contributed by atoms with Gasteiger partial charge < -0.3 is 25.5 Å². The minimum Gasteiger partial charge on any atom is -0.488 e. The van der Waals surface area contributed by atoms with Gasteiger partial charge in [0.15, 0.2) is 11.7 Å². The summed E-state index contributed by atoms with van der Waals surface area (Å²) in [6.07, 6.45) is -4.54. The monoisotopic (exact) mass is 426 g/mol. The second-order valence-electron chi connectivity index (χ2n) is 7.44. The molecule has 4 N–H and O–H groups in total. The summed E-state index contributed by atoms with van der Waals surface area (Å²) in [7, 11) is 1.48. The Kier molecular flexibility index (Phi) is 7.01. The van der Waals surface area contributed by atoms with Crippen molar-refractivity contribution in [1.29, 1.82) is 0 Å². The quantitative estimate of drug-likeness (QED) is 0.485. The lowest BCUT2D eigenvalue weighted by Gasteiger charge is -2.23. The molecule has 7 nitrogen and oxygen atoms in total. The van der Waals surface area contributed by atoms with Gasteiger partial charge in [0.2, 0.25) is 0 Å². The Morgan fingerprint density at radius 2 is 1.80 bits per heavy atom. The van der Waals surface area contributed by atoms with E-state index in [0.29, 0.717) is 5.76 Å². The average molecular weight is 426 g/mol. The zero-order valence-corrected chi connectivity index (χ0v) is 17.2. The Balaban J connectivity index is 2.07. The van der Waals surface area contributed by atoms with Crippen LogP contribution in [-0.2, 0) is 19.3 Å². The number of rotatable bonds is 6. The number of nitrogens with two attached hydrogens (primary N) is 1. The number of carbonyl (C=O) groups is 1. The molecule has 1 amide bonds. The minimum absolute atomic E-state index is 0.0159. The van der Waals surface area contributed by atoms with E-state index in [4.69, 9.17) is 14.9 Å². The highest BCUT2D eigenvalue weighted by atomic mass is 19.4. The molecule has 2 aromatic rings. The van der Waals surface area contributed by atoms with Crippen molar-refractivity contribution >= 4 is 11.9 Å². The highest BCUT2D eigenvalue weighted by Crippen LogP contribution is 2.35. The van der Waals surface area contributed by atoms with Crippen LogP contribution in [0, 0.1) is 0 Å². The number of furan rings is 1. The number of nitrogens with one attached hydrogen (secondary N) is 2. The van der Waals surface area contributed by atoms with E-state index in [1.807, 2.05) is 0 Å². The molecule has 0 bridgehead atoms. The number of primary amides is 1. The molecule has 1 aromatic carbocycles. The molecule has 2 rings (SSSR count). The summed E-state index contributed by atoms with van der Waals surface area (Å²) in [4.78, 5) is 15.0. The fourth-order valence-electron chi connectivity index (χ4n) is 2.57. The van der Waals surface area contributed by atoms with Crippen molar-refractivity contribution in [3.8, 4) is 5.75 Å². The van der Waals surface area contributed by atoms with Crippen molar-refractivity contribution in [3.63, 3.8) is 0 Å². The molecule has 1 heterocycles. The van der Waals surface area contributed by atoms with Crippen molar-refractivity contribution in [2.75, 3.05) is 7.05 Å². The molecule has 0 aliphatic heterocycles. The van der Waals surface area contributed by atoms with Crippen LogP contribution in [0.4, 0.5) is 13.2 Å². The maximum atomic E-state index is 13.5. The molecule has 0 radical (unpaired) electrons. The van der Waals surface area contributed by atoms with Crippen LogP contribution in [0.3, 0.4) is 0 Å². The Labute approximate surface area is 172 Å². The topological polar surface area (TPSA) is 102 Å². The second kappa shape index (κ2) is 9.10. The van der Waals surface area contributed by atoms with Crippen molar-refractivity contribution in [2.24, 2.45) is 10.7 Å². The summed E-state index contributed by atoms with van der Waals surface area (Å²) in [5, 5.41) is 5.73. The molecule has 0 unspecified atom stereocenters. The van der Waals surface area contributed by atoms with E-state index in [2.05, 4.69) is 15.6 Å². The molecule has 0 aliphatic carbocycles. The summed E-state index contributed by atoms with van der Waals surface area (Å²) < 4.78 is 51.4. The lowest BCUT2D eigenvalue weighted by atomic mass is 10.1. The predicted octanol–water partition coefficient (Wildman–Crippen LogP) is 3.44. The van der Waals surface area contributed by atoms with Crippen molar-refractivity contribution < 1.29 is 27.1 Å². The SMILES string of the molecule is CN=C(NCc1ccc(C(N)=O)o1)NCc1ccc(OC(C)(C)C)cc1C(F)(F)F. The Morgan fingerprint density at radius 3 is 2.33 bits per heavy atom. The summed E-state index contributed by atoms with van der Waals surface area (Å²) in [6, 6.07) is 6.87. The molecule has 0 fully saturated rings. The van der Waals surface area contributed by atoms with E-state index in [-0.39, 0.29) is 36.1 Å². The largest absolute Gasteiger partial charge is 0.488 e. The van der Waals surface area contributed by atoms with Crippen molar-refractivity contribution in [3.05, 3.63) is 53.0 Å². The maximum Gasteiger partial charge on any atom is 0.416 e. The lowest BCUT2D eigenvalue weighted by molar-refractivity contribution is -0.138. The zero-order valence-electron chi connectivity index (χ0n) is 17.2. The van der Waals surface area contributed by atoms with Crippen molar-refractivity contribution in [2.45, 2.75) is 45.6 Å². The Hall–Kier alpha value is -3.17. The fourth-order valence-corrected chi connectivity index (χ4v) is 2.57. The third-order valence-electron chi connectivity index (χ3n) is 3.82. The number of nitrogens with zero attached hydrogens (tertiary/aromatic N) is 1. The van der Waals surface area contributed by atoms with Crippen LogP contribution in [-0.4, -0.2) is 24.5 Å². The number of aliphatic imine (C=N–C) groups is 1. The highest BCUT2D eigenvalue weighted by molar-refractivity contribution is 5.89. The van der Waals surface area contributed by atoms with Gasteiger partial charge in [0.05, 0.1) is 12.1 Å². The van der Waals surface area contributed by atoms with Gasteiger partial charge in [-0.25, -0.2) is 0 Å². The Bertz CT molecular complexity index is 915. The molecule has 0 atom stereocenters. The van der Waals surface area contributed by atoms with Gasteiger partial charge in [-0.05, 0) is 50.6 Å². The van der Waals surface area contributed by atoms with E-state index in [1.165, 1.54) is 25.2 Å². The van der Waals surface area contributed by atoms with Crippen LogP contribution >= 0.6 is 0 Å². The number of benzene rings is 1. The molecule has 0 spiro atoms. The van der Waals surface area contributed by atoms with Gasteiger partial charge in [-0.3, -0.25) is 9.79 Å². The van der Waals surface area contributed by atoms with E-state index in [9.17, 15) is 18.0 Å². The standard InChI is InChI=1S/C20H25F3N4O3/c1-19(2,3)30-13-6-5-12(15(9-13)20(21,22)23)10-26-18(25-4)27-11-14-7-8-16(29-14)17(24)28/h5-9H,10-11H2,1-4H3,(H2,24,28)(H2,25,26,27). The summed E-state index contributed by atoms with van der Waals surface area (Å²) in [6.45, 7) is 5.33. The molecule has 0 saturated heterocycles. The smallest absolute Gasteiger partial charge is 0.416 e. The normalized spacial score (nSPS) is 12.6. The second-order valence-corrected chi connectivity index (χ2v) is 7.44. The van der Waals surface area contributed by atoms with E-state index in [1.54, 1.807) is 26.8 Å². The van der Waals surface area contributed by atoms with Gasteiger partial charge in [-0.2, -0.15) is 13.2 Å². The average Bonchev–Trinajstić information content (AvgIpc) is 3.10. The molecular weight excluding hydrogens is 401 g/mol. The Morgan fingerprint density at radius 1 is 1.13 bits per heavy atom. The van der Waals surface area contributed by atoms with E-state index < -0.39 is 23.2 Å². The number of amides is 1. The minimum atomic E-state index is -4.54. The van der Waals surface area contributed by atoms with Gasteiger partial charge in [0.1, 0.15) is 17.1 Å². The molecule has 0 aliphatic rings. The molecule has 0 saturated carbocycles. The summed E-state index contributed by atoms with van der Waals surface area (Å²) >= 11 is 0. The van der Waals surface area contributed by atoms with Crippen molar-refractivity contribution in [1.82, 2.24) is 10.6 Å². The first-order valence-electron chi connectivity index (χ1n) is 9.11. The molecular formula is C20H25F3N4O3. The zero-order chi connectivity index (χ0) is 22.5. The molecule has 164 valence electrons. The van der Waals surface area contributed by atoms with E-state index in [0.717, 1.165) is 6.07 Å². The highest BCUT2D eigenvalue weighted by Gasteiger charge is 2.34. The van der Waals surface area contributed by atoms with Crippen LogP contribution < -0.4 is 21.1 Å². The first-order valence-corrected chi connectivity index (χ1v) is 9.11. The third-order valence-corrected chi connectivity index (χ3v) is 3.82. The first-order chi connectivity index (χ1) is 13.9. The number of hydrogen-bond acceptors (Lipinski definition) is 4. The number of guanidine groups is 1. The number of carbonyl (C=O) groups excluding carboxylic acids is 1. The molecule has 10 heteroatoms. The fraction of sp³-hybridized carbons (Fsp3) is 0.400. The van der Waals surface area contributed by atoms with Crippen LogP contribution in [0.1, 0.15) is 48.2 Å². The van der Waals surface area contributed by atoms with Gasteiger partial charge >= 0.3 is 6.18 Å². The number of alkyl halides is 3. The molecule has 30 heavy (non-hydrogen) atoms. The van der Waals surface area contributed by atoms with Crippen LogP contribution in [0.2, 0.25) is 0 Å². The maximum absolute atomic E-state index is 13.5. The number of hydrogen-bond donors (Lipinski definition) is 3. The molecule has 1 aromatic heterocycles. The number of ether oxygens (including phenoxy) is 1.